The molecule has 0 heterocycles. The fourth-order valence-electron chi connectivity index (χ4n) is 2.25. The van der Waals surface area contributed by atoms with E-state index < -0.39 is 10.8 Å². The molecule has 0 bridgehead atoms. The molecule has 1 aliphatic carbocycles. The van der Waals surface area contributed by atoms with E-state index in [-0.39, 0.29) is 0 Å². The number of ether oxygens (including phenoxy) is 1. The van der Waals surface area contributed by atoms with Gasteiger partial charge in [-0.2, -0.15) is 0 Å². The van der Waals surface area contributed by atoms with Crippen molar-refractivity contribution in [3.63, 3.8) is 0 Å². The minimum atomic E-state index is -0.698. The summed E-state index contributed by atoms with van der Waals surface area (Å²) in [6.45, 7) is 3.89. The summed E-state index contributed by atoms with van der Waals surface area (Å²) < 4.78 is 17.0. The van der Waals surface area contributed by atoms with Crippen molar-refractivity contribution in [2.45, 2.75) is 50.3 Å². The lowest BCUT2D eigenvalue weighted by molar-refractivity contribution is 0.217. The molecule has 1 N–H and O–H groups in total. The number of methoxy groups -OCH3 is 1. The van der Waals surface area contributed by atoms with Gasteiger partial charge in [0.2, 0.25) is 0 Å². The first kappa shape index (κ1) is 14.1. The van der Waals surface area contributed by atoms with Gasteiger partial charge in [-0.25, -0.2) is 0 Å². The Hall–Kier alpha value is 0.0700. The third kappa shape index (κ3) is 4.93. The highest BCUT2D eigenvalue weighted by Crippen LogP contribution is 2.22. The normalized spacial score (nSPS) is 27.9. The molecule has 0 spiro atoms. The molecule has 1 fully saturated rings. The molecular formula is C12H25NO2S. The fourth-order valence-corrected chi connectivity index (χ4v) is 3.79. The minimum Gasteiger partial charge on any atom is -0.384 e. The Morgan fingerprint density at radius 1 is 1.44 bits per heavy atom. The second-order valence-electron chi connectivity index (χ2n) is 4.52. The van der Waals surface area contributed by atoms with Gasteiger partial charge in [-0.15, -0.1) is 0 Å². The molecule has 1 rings (SSSR count). The zero-order chi connectivity index (χ0) is 11.8. The Morgan fingerprint density at radius 3 is 2.94 bits per heavy atom. The van der Waals surface area contributed by atoms with Gasteiger partial charge in [0.15, 0.2) is 0 Å². The SMILES string of the molecule is CCCNC1CCCC(S(=O)CCOC)C1. The molecule has 1 saturated carbocycles. The summed E-state index contributed by atoms with van der Waals surface area (Å²) in [6, 6.07) is 0.588. The van der Waals surface area contributed by atoms with Crippen molar-refractivity contribution in [2.24, 2.45) is 0 Å². The van der Waals surface area contributed by atoms with Crippen molar-refractivity contribution < 1.29 is 8.95 Å². The average Bonchev–Trinajstić information content (AvgIpc) is 2.33. The van der Waals surface area contributed by atoms with Crippen LogP contribution in [0.3, 0.4) is 0 Å². The number of hydrogen-bond donors (Lipinski definition) is 1. The van der Waals surface area contributed by atoms with Gasteiger partial charge in [0.25, 0.3) is 0 Å². The zero-order valence-electron chi connectivity index (χ0n) is 10.5. The third-order valence-corrected chi connectivity index (χ3v) is 4.91. The first-order chi connectivity index (χ1) is 7.77. The maximum Gasteiger partial charge on any atom is 0.0577 e. The Kier molecular flexibility index (Phi) is 7.25. The summed E-state index contributed by atoms with van der Waals surface area (Å²) in [4.78, 5) is 0. The maximum atomic E-state index is 12.0. The Morgan fingerprint density at radius 2 is 2.25 bits per heavy atom. The predicted molar refractivity (Wildman–Crippen MR) is 69.2 cm³/mol. The van der Waals surface area contributed by atoms with Crippen LogP contribution in [0, 0.1) is 0 Å². The third-order valence-electron chi connectivity index (χ3n) is 3.17. The van der Waals surface area contributed by atoms with E-state index in [2.05, 4.69) is 12.2 Å². The second kappa shape index (κ2) is 8.20. The van der Waals surface area contributed by atoms with Crippen LogP contribution >= 0.6 is 0 Å². The van der Waals surface area contributed by atoms with Crippen LogP contribution in [0.5, 0.6) is 0 Å². The molecule has 0 aromatic carbocycles. The average molecular weight is 247 g/mol. The topological polar surface area (TPSA) is 38.3 Å². The van der Waals surface area contributed by atoms with Crippen LogP contribution in [0.25, 0.3) is 0 Å². The Labute approximate surface area is 102 Å². The van der Waals surface area contributed by atoms with Crippen molar-refractivity contribution in [3.8, 4) is 0 Å². The quantitative estimate of drug-likeness (QED) is 0.744. The van der Waals surface area contributed by atoms with Crippen molar-refractivity contribution >= 4 is 10.8 Å². The maximum absolute atomic E-state index is 12.0. The summed E-state index contributed by atoms with van der Waals surface area (Å²) in [5.74, 6) is 0.696. The van der Waals surface area contributed by atoms with Gasteiger partial charge in [-0.05, 0) is 32.2 Å². The van der Waals surface area contributed by atoms with Gasteiger partial charge in [-0.1, -0.05) is 13.3 Å². The highest BCUT2D eigenvalue weighted by molar-refractivity contribution is 7.85. The van der Waals surface area contributed by atoms with Gasteiger partial charge >= 0.3 is 0 Å². The van der Waals surface area contributed by atoms with Crippen molar-refractivity contribution in [1.29, 1.82) is 0 Å². The molecule has 0 aromatic rings. The molecule has 1 aliphatic rings. The zero-order valence-corrected chi connectivity index (χ0v) is 11.4. The second-order valence-corrected chi connectivity index (χ2v) is 6.35. The van der Waals surface area contributed by atoms with Gasteiger partial charge in [0.05, 0.1) is 6.61 Å². The predicted octanol–water partition coefficient (Wildman–Crippen LogP) is 1.69. The molecular weight excluding hydrogens is 222 g/mol. The van der Waals surface area contributed by atoms with Gasteiger partial charge in [-0.3, -0.25) is 4.21 Å². The van der Waals surface area contributed by atoms with Gasteiger partial charge < -0.3 is 10.1 Å². The summed E-state index contributed by atoms with van der Waals surface area (Å²) in [5, 5.41) is 3.93. The Bertz CT molecular complexity index is 211. The molecule has 0 amide bonds. The molecule has 0 aliphatic heterocycles. The molecule has 3 unspecified atom stereocenters. The first-order valence-corrected chi connectivity index (χ1v) is 7.75. The van der Waals surface area contributed by atoms with Crippen LogP contribution in [0.2, 0.25) is 0 Å². The van der Waals surface area contributed by atoms with Crippen LogP contribution < -0.4 is 5.32 Å². The van der Waals surface area contributed by atoms with Gasteiger partial charge in [0.1, 0.15) is 0 Å². The van der Waals surface area contributed by atoms with E-state index in [1.807, 2.05) is 0 Å². The largest absolute Gasteiger partial charge is 0.384 e. The number of nitrogens with one attached hydrogen (secondary N) is 1. The molecule has 0 saturated heterocycles. The number of rotatable bonds is 7. The lowest BCUT2D eigenvalue weighted by Crippen LogP contribution is -2.38. The Balaban J connectivity index is 2.28. The van der Waals surface area contributed by atoms with Crippen LogP contribution in [-0.4, -0.2) is 41.5 Å². The van der Waals surface area contributed by atoms with Crippen LogP contribution in [0.1, 0.15) is 39.0 Å². The van der Waals surface area contributed by atoms with E-state index in [1.165, 1.54) is 19.3 Å². The lowest BCUT2D eigenvalue weighted by atomic mass is 9.95. The summed E-state index contributed by atoms with van der Waals surface area (Å²) in [7, 11) is 0.973. The summed E-state index contributed by atoms with van der Waals surface area (Å²) in [6.07, 6.45) is 5.84. The fraction of sp³-hybridized carbons (Fsp3) is 1.00. The summed E-state index contributed by atoms with van der Waals surface area (Å²) >= 11 is 0. The van der Waals surface area contributed by atoms with Gasteiger partial charge in [0, 0.05) is 35.0 Å². The lowest BCUT2D eigenvalue weighted by Gasteiger charge is -2.29. The van der Waals surface area contributed by atoms with E-state index in [9.17, 15) is 4.21 Å². The van der Waals surface area contributed by atoms with Crippen LogP contribution in [0.15, 0.2) is 0 Å². The molecule has 16 heavy (non-hydrogen) atoms. The molecule has 3 atom stereocenters. The first-order valence-electron chi connectivity index (χ1n) is 6.37. The molecule has 96 valence electrons. The standard InChI is InChI=1S/C12H25NO2S/c1-3-7-13-11-5-4-6-12(10-11)16(14)9-8-15-2/h11-13H,3-10H2,1-2H3. The van der Waals surface area contributed by atoms with Crippen molar-refractivity contribution in [3.05, 3.63) is 0 Å². The van der Waals surface area contributed by atoms with Crippen molar-refractivity contribution in [2.75, 3.05) is 26.0 Å². The van der Waals surface area contributed by atoms with Crippen molar-refractivity contribution in [1.82, 2.24) is 5.32 Å². The van der Waals surface area contributed by atoms with E-state index in [0.717, 1.165) is 19.4 Å². The highest BCUT2D eigenvalue weighted by atomic mass is 32.2. The van der Waals surface area contributed by atoms with E-state index in [1.54, 1.807) is 7.11 Å². The minimum absolute atomic E-state index is 0.387. The van der Waals surface area contributed by atoms with Crippen LogP contribution in [0.4, 0.5) is 0 Å². The molecule has 0 radical (unpaired) electrons. The molecule has 3 nitrogen and oxygen atoms in total. The number of hydrogen-bond acceptors (Lipinski definition) is 3. The smallest absolute Gasteiger partial charge is 0.0577 e. The monoisotopic (exact) mass is 247 g/mol. The van der Waals surface area contributed by atoms with E-state index >= 15 is 0 Å². The summed E-state index contributed by atoms with van der Waals surface area (Å²) in [5.41, 5.74) is 0. The van der Waals surface area contributed by atoms with E-state index in [0.29, 0.717) is 23.7 Å². The molecule has 4 heteroatoms. The van der Waals surface area contributed by atoms with E-state index in [4.69, 9.17) is 4.74 Å². The highest BCUT2D eigenvalue weighted by Gasteiger charge is 2.25. The molecule has 0 aromatic heterocycles. The van der Waals surface area contributed by atoms with Crippen LogP contribution in [-0.2, 0) is 15.5 Å².